The van der Waals surface area contributed by atoms with Crippen LogP contribution in [0.25, 0.3) is 10.8 Å². The van der Waals surface area contributed by atoms with Crippen molar-refractivity contribution in [2.75, 3.05) is 31.5 Å². The number of terminal acetylenes is 1. The number of hydrogen-bond donors (Lipinski definition) is 2. The molecule has 0 aliphatic carbocycles. The van der Waals surface area contributed by atoms with Gasteiger partial charge >= 0.3 is 6.01 Å². The van der Waals surface area contributed by atoms with E-state index in [1.807, 2.05) is 0 Å². The highest BCUT2D eigenvalue weighted by molar-refractivity contribution is 7.76. The van der Waals surface area contributed by atoms with Gasteiger partial charge in [0, 0.05) is 12.6 Å². The average Bonchev–Trinajstić information content (AvgIpc) is 3.30. The second-order valence-corrected chi connectivity index (χ2v) is 9.36. The number of carbonyl (C=O) groups excluding carboxylic acids is 1. The fourth-order valence-corrected chi connectivity index (χ4v) is 5.02. The zero-order valence-corrected chi connectivity index (χ0v) is 19.7. The Morgan fingerprint density at radius 3 is 2.74 bits per heavy atom. The molecule has 10 heteroatoms. The zero-order chi connectivity index (χ0) is 24.1. The number of hydrogen-bond acceptors (Lipinski definition) is 6. The Kier molecular flexibility index (Phi) is 7.70. The molecule has 0 bridgehead atoms. The van der Waals surface area contributed by atoms with Crippen LogP contribution in [0.1, 0.15) is 37.3 Å². The smallest absolute Gasteiger partial charge is 0.323 e. The van der Waals surface area contributed by atoms with Crippen molar-refractivity contribution in [3.8, 4) is 12.3 Å². The summed E-state index contributed by atoms with van der Waals surface area (Å²) >= 11 is -2.28. The highest BCUT2D eigenvalue weighted by atomic mass is 32.2. The van der Waals surface area contributed by atoms with Crippen molar-refractivity contribution in [1.82, 2.24) is 19.4 Å². The van der Waals surface area contributed by atoms with Crippen molar-refractivity contribution in [1.29, 1.82) is 0 Å². The van der Waals surface area contributed by atoms with Crippen molar-refractivity contribution in [2.45, 2.75) is 25.8 Å². The molecule has 1 aromatic heterocycles. The van der Waals surface area contributed by atoms with Crippen molar-refractivity contribution in [3.63, 3.8) is 0 Å². The summed E-state index contributed by atoms with van der Waals surface area (Å²) in [7, 11) is 0. The molecule has 34 heavy (non-hydrogen) atoms. The molecule has 2 aromatic carbocycles. The molecule has 0 spiro atoms. The first kappa shape index (κ1) is 24.0. The number of nitrogens with zero attached hydrogens (tertiary/aromatic N) is 4. The predicted molar refractivity (Wildman–Crippen MR) is 130 cm³/mol. The summed E-state index contributed by atoms with van der Waals surface area (Å²) in [6.45, 7) is 4.05. The monoisotopic (exact) mass is 481 g/mol. The highest BCUT2D eigenvalue weighted by Crippen LogP contribution is 2.31. The molecule has 2 unspecified atom stereocenters. The van der Waals surface area contributed by atoms with E-state index in [1.54, 1.807) is 0 Å². The Morgan fingerprint density at radius 1 is 1.29 bits per heavy atom. The third-order valence-electron chi connectivity index (χ3n) is 6.27. The molecule has 0 saturated carbocycles. The van der Waals surface area contributed by atoms with E-state index in [-0.39, 0.29) is 30.4 Å². The van der Waals surface area contributed by atoms with Gasteiger partial charge in [0.05, 0.1) is 6.54 Å². The number of nitrogens with one attached hydrogen (secondary N) is 1. The van der Waals surface area contributed by atoms with E-state index in [0.717, 1.165) is 25.9 Å². The molecule has 1 saturated heterocycles. The summed E-state index contributed by atoms with van der Waals surface area (Å²) in [6.07, 6.45) is 6.91. The minimum atomic E-state index is -2.28. The number of anilines is 1. The van der Waals surface area contributed by atoms with E-state index < -0.39 is 17.2 Å². The summed E-state index contributed by atoms with van der Waals surface area (Å²) in [5, 5.41) is 12.1. The van der Waals surface area contributed by atoms with Gasteiger partial charge in [-0.1, -0.05) is 52.7 Å². The van der Waals surface area contributed by atoms with Gasteiger partial charge < -0.3 is 4.42 Å². The summed E-state index contributed by atoms with van der Waals surface area (Å²) < 4.78 is 27.9. The van der Waals surface area contributed by atoms with E-state index >= 15 is 0 Å². The van der Waals surface area contributed by atoms with Gasteiger partial charge in [-0.2, -0.15) is 4.31 Å². The van der Waals surface area contributed by atoms with Crippen molar-refractivity contribution < 1.29 is 18.0 Å². The number of benzene rings is 2. The lowest BCUT2D eigenvalue weighted by atomic mass is 9.93. The first-order valence-electron chi connectivity index (χ1n) is 11.1. The number of carbonyl (C=O) groups is 1. The fraction of sp³-hybridized carbons (Fsp3) is 0.375. The summed E-state index contributed by atoms with van der Waals surface area (Å²) in [6, 6.07) is 14.9. The number of fused-ring (bicyclic) bond motifs is 1. The lowest BCUT2D eigenvalue weighted by molar-refractivity contribution is -0.116. The van der Waals surface area contributed by atoms with Gasteiger partial charge in [-0.15, -0.1) is 6.42 Å². The third-order valence-corrected chi connectivity index (χ3v) is 6.99. The average molecular weight is 482 g/mol. The second kappa shape index (κ2) is 10.9. The van der Waals surface area contributed by atoms with E-state index in [2.05, 4.69) is 75.7 Å². The molecule has 0 radical (unpaired) electrons. The van der Waals surface area contributed by atoms with Crippen LogP contribution in [0.5, 0.6) is 0 Å². The number of rotatable bonds is 8. The van der Waals surface area contributed by atoms with Crippen molar-refractivity contribution in [3.05, 3.63) is 53.9 Å². The van der Waals surface area contributed by atoms with Crippen LogP contribution in [0.3, 0.4) is 0 Å². The minimum Gasteiger partial charge on any atom is -0.396 e. The van der Waals surface area contributed by atoms with Crippen molar-refractivity contribution in [2.24, 2.45) is 5.92 Å². The van der Waals surface area contributed by atoms with Gasteiger partial charge in [0.15, 0.2) is 0 Å². The maximum Gasteiger partial charge on any atom is 0.323 e. The fourth-order valence-electron chi connectivity index (χ4n) is 4.46. The summed E-state index contributed by atoms with van der Waals surface area (Å²) in [5.41, 5.74) is 1.31. The number of likely N-dealkylation sites (tertiary alicyclic amines) is 1. The van der Waals surface area contributed by atoms with Crippen LogP contribution < -0.4 is 5.32 Å². The largest absolute Gasteiger partial charge is 0.396 e. The molecule has 4 rings (SSSR count). The molecular weight excluding hydrogens is 454 g/mol. The van der Waals surface area contributed by atoms with Crippen LogP contribution in [-0.4, -0.2) is 60.3 Å². The standard InChI is InChI=1S/C24H27N5O4S/c1-3-23-26-27-24(33-23)25-22(30)16-29(34(31)32)15-18-11-13-28(14-12-18)17(2)20-10-6-8-19-7-4-5-9-21(19)20/h1,4-10,17-18H,11-16H2,2H3,(H,31,32)(H,25,27,30). The normalized spacial score (nSPS) is 16.9. The van der Waals surface area contributed by atoms with Crippen LogP contribution in [0.2, 0.25) is 0 Å². The maximum atomic E-state index is 12.3. The summed E-state index contributed by atoms with van der Waals surface area (Å²) in [4.78, 5) is 14.7. The van der Waals surface area contributed by atoms with Gasteiger partial charge in [-0.05, 0) is 61.0 Å². The molecular formula is C24H27N5O4S. The van der Waals surface area contributed by atoms with E-state index in [0.29, 0.717) is 6.54 Å². The Hall–Kier alpha value is -3.10. The third kappa shape index (κ3) is 5.69. The highest BCUT2D eigenvalue weighted by Gasteiger charge is 2.28. The molecule has 1 fully saturated rings. The van der Waals surface area contributed by atoms with Gasteiger partial charge in [0.25, 0.3) is 5.89 Å². The lowest BCUT2D eigenvalue weighted by Crippen LogP contribution is -2.42. The van der Waals surface area contributed by atoms with Gasteiger partial charge in [-0.25, -0.2) is 4.21 Å². The Balaban J connectivity index is 1.32. The molecule has 178 valence electrons. The van der Waals surface area contributed by atoms with E-state index in [9.17, 15) is 13.6 Å². The SMILES string of the molecule is C#Cc1nnc(NC(=O)CN(CC2CCN(C(C)c3cccc4ccccc34)CC2)S(=O)O)o1. The number of aromatic nitrogens is 2. The first-order chi connectivity index (χ1) is 16.4. The van der Waals surface area contributed by atoms with Crippen LogP contribution in [0.4, 0.5) is 6.01 Å². The molecule has 2 atom stereocenters. The molecule has 9 nitrogen and oxygen atoms in total. The Labute approximate surface area is 200 Å². The molecule has 2 heterocycles. The summed E-state index contributed by atoms with van der Waals surface area (Å²) in [5.74, 6) is 1.79. The van der Waals surface area contributed by atoms with Gasteiger partial charge in [0.2, 0.25) is 17.2 Å². The van der Waals surface area contributed by atoms with E-state index in [1.165, 1.54) is 20.6 Å². The number of amides is 1. The second-order valence-electron chi connectivity index (χ2n) is 8.38. The lowest BCUT2D eigenvalue weighted by Gasteiger charge is -2.37. The molecule has 1 aliphatic rings. The minimum absolute atomic E-state index is 0.0534. The molecule has 1 amide bonds. The van der Waals surface area contributed by atoms with E-state index in [4.69, 9.17) is 10.8 Å². The Morgan fingerprint density at radius 2 is 2.03 bits per heavy atom. The van der Waals surface area contributed by atoms with Gasteiger partial charge in [0.1, 0.15) is 0 Å². The zero-order valence-electron chi connectivity index (χ0n) is 18.9. The maximum absolute atomic E-state index is 12.3. The van der Waals surface area contributed by atoms with Crippen LogP contribution in [0.15, 0.2) is 46.9 Å². The Bertz CT molecular complexity index is 1210. The van der Waals surface area contributed by atoms with Gasteiger partial charge in [-0.3, -0.25) is 19.6 Å². The quantitative estimate of drug-likeness (QED) is 0.376. The predicted octanol–water partition coefficient (Wildman–Crippen LogP) is 3.05. The molecule has 3 aromatic rings. The molecule has 2 N–H and O–H groups in total. The van der Waals surface area contributed by atoms with Crippen molar-refractivity contribution >= 4 is 34.0 Å². The van der Waals surface area contributed by atoms with Crippen LogP contribution in [-0.2, 0) is 16.1 Å². The van der Waals surface area contributed by atoms with Crippen LogP contribution >= 0.6 is 0 Å². The molecule has 1 aliphatic heterocycles. The topological polar surface area (TPSA) is 112 Å². The first-order valence-corrected chi connectivity index (χ1v) is 12.2. The number of piperidine rings is 1. The van der Waals surface area contributed by atoms with Crippen LogP contribution in [0, 0.1) is 18.3 Å².